The van der Waals surface area contributed by atoms with Crippen molar-refractivity contribution in [2.24, 2.45) is 5.16 Å². The minimum atomic E-state index is -0.631. The summed E-state index contributed by atoms with van der Waals surface area (Å²) in [6.45, 7) is 1.42. The van der Waals surface area contributed by atoms with E-state index < -0.39 is 11.9 Å². The summed E-state index contributed by atoms with van der Waals surface area (Å²) in [5, 5.41) is 3.89. The summed E-state index contributed by atoms with van der Waals surface area (Å²) < 4.78 is 25.2. The molecule has 9 nitrogen and oxygen atoms in total. The van der Waals surface area contributed by atoms with Crippen molar-refractivity contribution >= 4 is 17.7 Å². The fourth-order valence-electron chi connectivity index (χ4n) is 2.22. The maximum Gasteiger partial charge on any atom is 0.373 e. The van der Waals surface area contributed by atoms with Gasteiger partial charge >= 0.3 is 11.9 Å². The van der Waals surface area contributed by atoms with Gasteiger partial charge in [-0.25, -0.2) is 9.59 Å². The molecule has 9 heteroatoms. The summed E-state index contributed by atoms with van der Waals surface area (Å²) in [7, 11) is 1.24. The molecule has 0 unspecified atom stereocenters. The third-order valence-electron chi connectivity index (χ3n) is 3.60. The van der Waals surface area contributed by atoms with Gasteiger partial charge in [0, 0.05) is 5.56 Å². The lowest BCUT2D eigenvalue weighted by Gasteiger charge is -2.04. The number of fused-ring (bicyclic) bond motifs is 1. The lowest BCUT2D eigenvalue weighted by molar-refractivity contribution is -0.150. The second kappa shape index (κ2) is 8.26. The second-order valence-electron chi connectivity index (χ2n) is 5.44. The largest absolute Gasteiger partial charge is 0.463 e. The van der Waals surface area contributed by atoms with Crippen LogP contribution in [0.3, 0.4) is 0 Å². The van der Waals surface area contributed by atoms with Crippen LogP contribution in [0, 0.1) is 0 Å². The molecule has 1 aromatic carbocycles. The van der Waals surface area contributed by atoms with E-state index in [4.69, 9.17) is 23.5 Å². The Morgan fingerprint density at radius 2 is 1.96 bits per heavy atom. The minimum Gasteiger partial charge on any atom is -0.463 e. The van der Waals surface area contributed by atoms with Crippen molar-refractivity contribution in [2.45, 2.75) is 13.5 Å². The van der Waals surface area contributed by atoms with Crippen molar-refractivity contribution in [1.29, 1.82) is 0 Å². The second-order valence-corrected chi connectivity index (χ2v) is 5.44. The number of carbonyl (C=O) groups excluding carboxylic acids is 2. The number of benzene rings is 1. The van der Waals surface area contributed by atoms with E-state index in [2.05, 4.69) is 9.89 Å². The molecular weight excluding hydrogens is 358 g/mol. The van der Waals surface area contributed by atoms with Crippen LogP contribution in [0.25, 0.3) is 0 Å². The Labute approximate surface area is 154 Å². The normalized spacial score (nSPS) is 12.6. The highest BCUT2D eigenvalue weighted by molar-refractivity contribution is 5.99. The third kappa shape index (κ3) is 4.57. The van der Waals surface area contributed by atoms with Crippen molar-refractivity contribution in [3.05, 3.63) is 47.4 Å². The molecule has 0 saturated heterocycles. The number of ether oxygens (including phenoxy) is 4. The molecule has 3 rings (SSSR count). The Kier molecular flexibility index (Phi) is 5.60. The smallest absolute Gasteiger partial charge is 0.373 e. The summed E-state index contributed by atoms with van der Waals surface area (Å²) in [5.41, 5.74) is 1.34. The third-order valence-corrected chi connectivity index (χ3v) is 3.60. The summed E-state index contributed by atoms with van der Waals surface area (Å²) in [6, 6.07) is 8.31. The van der Waals surface area contributed by atoms with Crippen LogP contribution in [-0.2, 0) is 25.7 Å². The first-order valence-corrected chi connectivity index (χ1v) is 7.96. The molecule has 0 radical (unpaired) electrons. The fourth-order valence-corrected chi connectivity index (χ4v) is 2.22. The SMILES string of the molecule is COC(=O)c1ccc(COC(=O)CON=C(C)c2ccc3c(c2)OCO3)o1. The molecule has 142 valence electrons. The predicted molar refractivity (Wildman–Crippen MR) is 90.6 cm³/mol. The van der Waals surface area contributed by atoms with E-state index in [1.807, 2.05) is 6.07 Å². The van der Waals surface area contributed by atoms with Gasteiger partial charge in [0.05, 0.1) is 12.8 Å². The number of oxime groups is 1. The molecule has 0 aliphatic carbocycles. The minimum absolute atomic E-state index is 0.0312. The Morgan fingerprint density at radius 1 is 1.15 bits per heavy atom. The number of carbonyl (C=O) groups is 2. The molecule has 0 N–H and O–H groups in total. The molecule has 0 bridgehead atoms. The predicted octanol–water partition coefficient (Wildman–Crippen LogP) is 2.28. The van der Waals surface area contributed by atoms with Crippen LogP contribution in [-0.4, -0.2) is 38.2 Å². The first-order chi connectivity index (χ1) is 13.1. The number of nitrogens with zero attached hydrogens (tertiary/aromatic N) is 1. The van der Waals surface area contributed by atoms with Gasteiger partial charge in [-0.15, -0.1) is 0 Å². The Bertz CT molecular complexity index is 870. The van der Waals surface area contributed by atoms with Crippen LogP contribution in [0.1, 0.15) is 28.8 Å². The summed E-state index contributed by atoms with van der Waals surface area (Å²) in [4.78, 5) is 28.0. The van der Waals surface area contributed by atoms with Crippen LogP contribution in [0.5, 0.6) is 11.5 Å². The zero-order valence-corrected chi connectivity index (χ0v) is 14.7. The molecule has 0 amide bonds. The Hall–Kier alpha value is -3.49. The van der Waals surface area contributed by atoms with Gasteiger partial charge < -0.3 is 28.2 Å². The van der Waals surface area contributed by atoms with Crippen LogP contribution >= 0.6 is 0 Å². The van der Waals surface area contributed by atoms with E-state index in [-0.39, 0.29) is 25.8 Å². The zero-order chi connectivity index (χ0) is 19.2. The maximum atomic E-state index is 11.7. The number of esters is 2. The van der Waals surface area contributed by atoms with E-state index in [9.17, 15) is 9.59 Å². The van der Waals surface area contributed by atoms with Gasteiger partial charge in [-0.2, -0.15) is 0 Å². The molecule has 2 aromatic rings. The van der Waals surface area contributed by atoms with Crippen LogP contribution < -0.4 is 9.47 Å². The van der Waals surface area contributed by atoms with Gasteiger partial charge in [-0.05, 0) is 37.3 Å². The molecule has 27 heavy (non-hydrogen) atoms. The van der Waals surface area contributed by atoms with Crippen molar-refractivity contribution in [3.63, 3.8) is 0 Å². The van der Waals surface area contributed by atoms with Gasteiger partial charge in [0.15, 0.2) is 11.5 Å². The van der Waals surface area contributed by atoms with Crippen molar-refractivity contribution < 1.29 is 37.8 Å². The molecule has 0 fully saturated rings. The summed E-state index contributed by atoms with van der Waals surface area (Å²) in [6.07, 6.45) is 0. The van der Waals surface area contributed by atoms with Gasteiger partial charge in [-0.3, -0.25) is 0 Å². The highest BCUT2D eigenvalue weighted by Crippen LogP contribution is 2.32. The van der Waals surface area contributed by atoms with Crippen molar-refractivity contribution in [2.75, 3.05) is 20.5 Å². The first kappa shape index (κ1) is 18.3. The van der Waals surface area contributed by atoms with Gasteiger partial charge in [0.1, 0.15) is 12.4 Å². The Morgan fingerprint density at radius 3 is 2.78 bits per heavy atom. The highest BCUT2D eigenvalue weighted by atomic mass is 16.7. The number of rotatable bonds is 7. The molecule has 2 heterocycles. The average Bonchev–Trinajstić information content (AvgIpc) is 3.34. The monoisotopic (exact) mass is 375 g/mol. The van der Waals surface area contributed by atoms with E-state index in [0.29, 0.717) is 23.0 Å². The fraction of sp³-hybridized carbons (Fsp3) is 0.278. The van der Waals surface area contributed by atoms with Crippen LogP contribution in [0.2, 0.25) is 0 Å². The molecule has 0 spiro atoms. The topological polar surface area (TPSA) is 106 Å². The van der Waals surface area contributed by atoms with E-state index in [1.165, 1.54) is 19.2 Å². The average molecular weight is 375 g/mol. The van der Waals surface area contributed by atoms with Gasteiger partial charge in [0.25, 0.3) is 0 Å². The molecule has 1 aliphatic rings. The molecular formula is C18H17NO8. The van der Waals surface area contributed by atoms with Gasteiger partial charge in [-0.1, -0.05) is 5.16 Å². The Balaban J connectivity index is 1.45. The van der Waals surface area contributed by atoms with E-state index in [0.717, 1.165) is 5.56 Å². The summed E-state index contributed by atoms with van der Waals surface area (Å²) in [5.74, 6) is 0.403. The van der Waals surface area contributed by atoms with E-state index in [1.54, 1.807) is 19.1 Å². The van der Waals surface area contributed by atoms with Crippen molar-refractivity contribution in [3.8, 4) is 11.5 Å². The zero-order valence-electron chi connectivity index (χ0n) is 14.7. The lowest BCUT2D eigenvalue weighted by Crippen LogP contribution is -2.11. The first-order valence-electron chi connectivity index (χ1n) is 7.96. The maximum absolute atomic E-state index is 11.7. The standard InChI is InChI=1S/C18H17NO8/c1-11(12-3-5-14-16(7-12)25-10-24-14)19-26-9-17(20)23-8-13-4-6-15(27-13)18(21)22-2/h3-7H,8-10H2,1-2H3. The van der Waals surface area contributed by atoms with Crippen molar-refractivity contribution in [1.82, 2.24) is 0 Å². The molecule has 1 aliphatic heterocycles. The van der Waals surface area contributed by atoms with E-state index >= 15 is 0 Å². The molecule has 0 saturated carbocycles. The lowest BCUT2D eigenvalue weighted by atomic mass is 10.1. The van der Waals surface area contributed by atoms with Crippen LogP contribution in [0.15, 0.2) is 39.9 Å². The number of furan rings is 1. The molecule has 1 aromatic heterocycles. The number of hydrogen-bond donors (Lipinski definition) is 0. The molecule has 0 atom stereocenters. The number of methoxy groups -OCH3 is 1. The quantitative estimate of drug-likeness (QED) is 0.412. The van der Waals surface area contributed by atoms with Gasteiger partial charge in [0.2, 0.25) is 19.2 Å². The van der Waals surface area contributed by atoms with Crippen LogP contribution in [0.4, 0.5) is 0 Å². The highest BCUT2D eigenvalue weighted by Gasteiger charge is 2.15. The summed E-state index contributed by atoms with van der Waals surface area (Å²) >= 11 is 0. The number of hydrogen-bond acceptors (Lipinski definition) is 9.